The zero-order chi connectivity index (χ0) is 23.4. The Kier molecular flexibility index (Phi) is 6.71. The van der Waals surface area contributed by atoms with Gasteiger partial charge in [0.25, 0.3) is 0 Å². The molecule has 9 heteroatoms. The topological polar surface area (TPSA) is 77.8 Å². The smallest absolute Gasteiger partial charge is 0.176 e. The summed E-state index contributed by atoms with van der Waals surface area (Å²) in [7, 11) is 1.66. The fourth-order valence-corrected chi connectivity index (χ4v) is 5.24. The van der Waals surface area contributed by atoms with E-state index in [1.165, 1.54) is 0 Å². The standard InChI is InChI=1S/C25H25ClN6OS/c1-33-21-12-10-20(11-13-21)32-24(29-30-31-32)25(14-4-2-3-5-15-25)28-17-22-16-27-23(34-22)18-6-8-19(26)9-7-18/h2-3,6-13,16,28H,4-5,14-15,17H2,1H3. The molecule has 0 fully saturated rings. The number of allylic oxidation sites excluding steroid dienone is 2. The number of benzene rings is 2. The lowest BCUT2D eigenvalue weighted by Gasteiger charge is -2.32. The van der Waals surface area contributed by atoms with E-state index in [9.17, 15) is 0 Å². The molecule has 0 spiro atoms. The van der Waals surface area contributed by atoms with Crippen LogP contribution in [0.4, 0.5) is 0 Å². The highest BCUT2D eigenvalue weighted by molar-refractivity contribution is 7.15. The van der Waals surface area contributed by atoms with Crippen LogP contribution in [0.5, 0.6) is 5.75 Å². The van der Waals surface area contributed by atoms with Crippen LogP contribution in [0.3, 0.4) is 0 Å². The number of tetrazole rings is 1. The van der Waals surface area contributed by atoms with Gasteiger partial charge in [-0.15, -0.1) is 16.4 Å². The van der Waals surface area contributed by atoms with Gasteiger partial charge in [0.05, 0.1) is 18.3 Å². The van der Waals surface area contributed by atoms with Crippen molar-refractivity contribution in [2.24, 2.45) is 0 Å². The van der Waals surface area contributed by atoms with Crippen LogP contribution in [0.1, 0.15) is 36.4 Å². The molecule has 0 radical (unpaired) electrons. The molecule has 2 aromatic heterocycles. The van der Waals surface area contributed by atoms with Crippen molar-refractivity contribution in [3.8, 4) is 22.0 Å². The van der Waals surface area contributed by atoms with Crippen LogP contribution in [0.25, 0.3) is 16.3 Å². The second-order valence-electron chi connectivity index (χ2n) is 8.24. The molecule has 0 bridgehead atoms. The van der Waals surface area contributed by atoms with Gasteiger partial charge in [0, 0.05) is 28.2 Å². The minimum Gasteiger partial charge on any atom is -0.497 e. The number of hydrogen-bond donors (Lipinski definition) is 1. The molecule has 1 aliphatic rings. The van der Waals surface area contributed by atoms with Crippen molar-refractivity contribution in [1.29, 1.82) is 0 Å². The molecule has 0 atom stereocenters. The molecular formula is C25H25ClN6OS. The lowest BCUT2D eigenvalue weighted by atomic mass is 9.88. The molecule has 1 aliphatic carbocycles. The van der Waals surface area contributed by atoms with Crippen LogP contribution in [0, 0.1) is 0 Å². The van der Waals surface area contributed by atoms with E-state index in [1.54, 1.807) is 18.4 Å². The van der Waals surface area contributed by atoms with E-state index in [4.69, 9.17) is 16.3 Å². The van der Waals surface area contributed by atoms with Gasteiger partial charge in [-0.25, -0.2) is 4.98 Å². The maximum absolute atomic E-state index is 6.03. The van der Waals surface area contributed by atoms with Crippen LogP contribution in [0.15, 0.2) is 66.9 Å². The van der Waals surface area contributed by atoms with Gasteiger partial charge in [-0.1, -0.05) is 35.9 Å². The monoisotopic (exact) mass is 492 g/mol. The quantitative estimate of drug-likeness (QED) is 0.340. The molecule has 0 saturated carbocycles. The molecule has 2 heterocycles. The zero-order valence-corrected chi connectivity index (χ0v) is 20.4. The highest BCUT2D eigenvalue weighted by Crippen LogP contribution is 2.35. The number of aromatic nitrogens is 5. The largest absolute Gasteiger partial charge is 0.497 e. The van der Waals surface area contributed by atoms with Gasteiger partial charge in [0.15, 0.2) is 5.82 Å². The van der Waals surface area contributed by atoms with Crippen molar-refractivity contribution < 1.29 is 4.74 Å². The molecule has 1 N–H and O–H groups in total. The number of thiazole rings is 1. The lowest BCUT2D eigenvalue weighted by Crippen LogP contribution is -2.44. The van der Waals surface area contributed by atoms with E-state index in [0.717, 1.165) is 63.4 Å². The highest BCUT2D eigenvalue weighted by Gasteiger charge is 2.37. The summed E-state index contributed by atoms with van der Waals surface area (Å²) >= 11 is 7.71. The van der Waals surface area contributed by atoms with Gasteiger partial charge in [0.1, 0.15) is 10.8 Å². The third-order valence-corrected chi connectivity index (χ3v) is 7.40. The van der Waals surface area contributed by atoms with Gasteiger partial charge >= 0.3 is 0 Å². The molecule has 0 saturated heterocycles. The Morgan fingerprint density at radius 3 is 2.50 bits per heavy atom. The van der Waals surface area contributed by atoms with Gasteiger partial charge < -0.3 is 4.74 Å². The van der Waals surface area contributed by atoms with E-state index in [1.807, 2.05) is 59.4 Å². The zero-order valence-electron chi connectivity index (χ0n) is 18.8. The third kappa shape index (κ3) is 4.75. The van der Waals surface area contributed by atoms with Crippen LogP contribution in [-0.4, -0.2) is 32.3 Å². The van der Waals surface area contributed by atoms with Gasteiger partial charge in [0.2, 0.25) is 0 Å². The normalized spacial score (nSPS) is 15.2. The Bertz CT molecular complexity index is 1260. The summed E-state index contributed by atoms with van der Waals surface area (Å²) in [6.45, 7) is 0.681. The molecule has 174 valence electrons. The maximum atomic E-state index is 6.03. The SMILES string of the molecule is COc1ccc(-n2nnnc2C2(NCc3cnc(-c4ccc(Cl)cc4)s3)CCC=CCC2)cc1. The molecule has 4 aromatic rings. The van der Waals surface area contributed by atoms with Crippen LogP contribution in [-0.2, 0) is 12.1 Å². The van der Waals surface area contributed by atoms with E-state index in [-0.39, 0.29) is 5.54 Å². The molecule has 7 nitrogen and oxygen atoms in total. The molecular weight excluding hydrogens is 468 g/mol. The Balaban J connectivity index is 1.41. The molecule has 5 rings (SSSR count). The Labute approximate surface area is 207 Å². The fourth-order valence-electron chi connectivity index (χ4n) is 4.25. The predicted octanol–water partition coefficient (Wildman–Crippen LogP) is 5.56. The maximum Gasteiger partial charge on any atom is 0.176 e. The highest BCUT2D eigenvalue weighted by atomic mass is 35.5. The van der Waals surface area contributed by atoms with Crippen molar-refractivity contribution in [1.82, 2.24) is 30.5 Å². The molecule has 0 unspecified atom stereocenters. The first kappa shape index (κ1) is 22.7. The number of halogens is 1. The van der Waals surface area contributed by atoms with Crippen molar-refractivity contribution in [2.45, 2.75) is 37.8 Å². The van der Waals surface area contributed by atoms with Gasteiger partial charge in [-0.3, -0.25) is 5.32 Å². The van der Waals surface area contributed by atoms with Gasteiger partial charge in [-0.2, -0.15) is 4.68 Å². The first-order valence-electron chi connectivity index (χ1n) is 11.2. The summed E-state index contributed by atoms with van der Waals surface area (Å²) in [5.41, 5.74) is 1.61. The summed E-state index contributed by atoms with van der Waals surface area (Å²) in [6.07, 6.45) is 10.2. The Morgan fingerprint density at radius 2 is 1.79 bits per heavy atom. The summed E-state index contributed by atoms with van der Waals surface area (Å²) in [4.78, 5) is 5.79. The summed E-state index contributed by atoms with van der Waals surface area (Å²) < 4.78 is 7.14. The van der Waals surface area contributed by atoms with E-state index in [2.05, 4.69) is 38.0 Å². The van der Waals surface area contributed by atoms with Crippen molar-refractivity contribution in [3.63, 3.8) is 0 Å². The van der Waals surface area contributed by atoms with Crippen LogP contribution >= 0.6 is 22.9 Å². The number of hydrogen-bond acceptors (Lipinski definition) is 7. The number of ether oxygens (including phenoxy) is 1. The summed E-state index contributed by atoms with van der Waals surface area (Å²) in [5, 5.41) is 18.4. The minimum absolute atomic E-state index is 0.364. The molecule has 2 aromatic carbocycles. The summed E-state index contributed by atoms with van der Waals surface area (Å²) in [6, 6.07) is 15.6. The Hall–Kier alpha value is -3.07. The van der Waals surface area contributed by atoms with E-state index in [0.29, 0.717) is 6.54 Å². The average molecular weight is 493 g/mol. The van der Waals surface area contributed by atoms with Crippen molar-refractivity contribution >= 4 is 22.9 Å². The fraction of sp³-hybridized carbons (Fsp3) is 0.280. The second kappa shape index (κ2) is 10.0. The predicted molar refractivity (Wildman–Crippen MR) is 134 cm³/mol. The molecule has 34 heavy (non-hydrogen) atoms. The van der Waals surface area contributed by atoms with Crippen LogP contribution < -0.4 is 10.1 Å². The first-order chi connectivity index (χ1) is 16.7. The number of nitrogens with zero attached hydrogens (tertiary/aromatic N) is 5. The minimum atomic E-state index is -0.364. The first-order valence-corrected chi connectivity index (χ1v) is 12.4. The van der Waals surface area contributed by atoms with E-state index >= 15 is 0 Å². The molecule has 0 aliphatic heterocycles. The second-order valence-corrected chi connectivity index (χ2v) is 9.79. The van der Waals surface area contributed by atoms with E-state index < -0.39 is 0 Å². The summed E-state index contributed by atoms with van der Waals surface area (Å²) in [5.74, 6) is 1.62. The lowest BCUT2D eigenvalue weighted by molar-refractivity contribution is 0.269. The van der Waals surface area contributed by atoms with Crippen molar-refractivity contribution in [2.75, 3.05) is 7.11 Å². The Morgan fingerprint density at radius 1 is 1.06 bits per heavy atom. The van der Waals surface area contributed by atoms with Crippen LogP contribution in [0.2, 0.25) is 5.02 Å². The third-order valence-electron chi connectivity index (χ3n) is 6.10. The number of rotatable bonds is 7. The van der Waals surface area contributed by atoms with Crippen molar-refractivity contribution in [3.05, 3.63) is 82.6 Å². The number of nitrogens with one attached hydrogen (secondary N) is 1. The molecule has 0 amide bonds. The number of methoxy groups -OCH3 is 1. The average Bonchev–Trinajstić information content (AvgIpc) is 3.50. The van der Waals surface area contributed by atoms with Gasteiger partial charge in [-0.05, 0) is 72.5 Å².